The van der Waals surface area contributed by atoms with Crippen LogP contribution in [0.1, 0.15) is 27.6 Å². The third-order valence-electron chi connectivity index (χ3n) is 4.29. The Morgan fingerprint density at radius 3 is 2.07 bits per heavy atom. The van der Waals surface area contributed by atoms with Crippen LogP contribution in [0.3, 0.4) is 0 Å². The van der Waals surface area contributed by atoms with E-state index in [2.05, 4.69) is 5.32 Å². The van der Waals surface area contributed by atoms with Crippen molar-refractivity contribution in [1.82, 2.24) is 4.90 Å². The molecule has 10 nitrogen and oxygen atoms in total. The molecule has 1 atom stereocenters. The Labute approximate surface area is 171 Å². The van der Waals surface area contributed by atoms with Crippen molar-refractivity contribution in [2.24, 2.45) is 5.14 Å². The minimum atomic E-state index is -3.86. The van der Waals surface area contributed by atoms with Gasteiger partial charge in [0, 0.05) is 5.69 Å². The van der Waals surface area contributed by atoms with E-state index in [0.717, 1.165) is 4.90 Å². The van der Waals surface area contributed by atoms with Crippen LogP contribution < -0.4 is 10.5 Å². The lowest BCUT2D eigenvalue weighted by molar-refractivity contribution is -0.153. The van der Waals surface area contributed by atoms with Crippen LogP contribution in [0, 0.1) is 0 Å². The summed E-state index contributed by atoms with van der Waals surface area (Å²) in [6.45, 7) is 0.682. The number of primary sulfonamides is 1. The van der Waals surface area contributed by atoms with Gasteiger partial charge >= 0.3 is 5.97 Å². The summed E-state index contributed by atoms with van der Waals surface area (Å²) in [5, 5.41) is 7.45. The third-order valence-corrected chi connectivity index (χ3v) is 5.22. The molecule has 0 aliphatic carbocycles. The van der Waals surface area contributed by atoms with Crippen molar-refractivity contribution in [1.29, 1.82) is 0 Å². The highest BCUT2D eigenvalue weighted by Gasteiger charge is 2.37. The van der Waals surface area contributed by atoms with Crippen molar-refractivity contribution in [3.05, 3.63) is 59.7 Å². The van der Waals surface area contributed by atoms with Crippen molar-refractivity contribution >= 4 is 39.4 Å². The summed E-state index contributed by atoms with van der Waals surface area (Å²) in [5.74, 6) is -2.84. The number of sulfonamides is 1. The summed E-state index contributed by atoms with van der Waals surface area (Å²) in [4.78, 5) is 49.5. The van der Waals surface area contributed by atoms with Crippen molar-refractivity contribution in [2.45, 2.75) is 17.9 Å². The van der Waals surface area contributed by atoms with Crippen molar-refractivity contribution in [2.75, 3.05) is 11.9 Å². The number of hydrogen-bond donors (Lipinski definition) is 2. The fourth-order valence-electron chi connectivity index (χ4n) is 2.77. The highest BCUT2D eigenvalue weighted by Crippen LogP contribution is 2.22. The average Bonchev–Trinajstić information content (AvgIpc) is 2.93. The molecule has 0 saturated heterocycles. The lowest BCUT2D eigenvalue weighted by Crippen LogP contribution is -2.38. The standard InChI is InChI=1S/C19H17N3O7S/c1-11(17(24)21-12-6-8-13(9-7-12)30(20,27)28)29-16(23)10-22-18(25)14-4-2-3-5-15(14)19(22)26/h2-9,11H,10H2,1H3,(H,21,24)(H2,20,27,28)/t11-/m1/s1. The van der Waals surface area contributed by atoms with Crippen molar-refractivity contribution in [3.8, 4) is 0 Å². The molecule has 0 aromatic heterocycles. The molecule has 3 N–H and O–H groups in total. The van der Waals surface area contributed by atoms with Gasteiger partial charge in [0.1, 0.15) is 6.54 Å². The molecule has 3 rings (SSSR count). The smallest absolute Gasteiger partial charge is 0.326 e. The van der Waals surface area contributed by atoms with Gasteiger partial charge < -0.3 is 10.1 Å². The van der Waals surface area contributed by atoms with Gasteiger partial charge in [-0.1, -0.05) is 12.1 Å². The molecule has 156 valence electrons. The lowest BCUT2D eigenvalue weighted by atomic mass is 10.1. The topological polar surface area (TPSA) is 153 Å². The zero-order valence-electron chi connectivity index (χ0n) is 15.7. The first kappa shape index (κ1) is 21.1. The molecular weight excluding hydrogens is 414 g/mol. The lowest BCUT2D eigenvalue weighted by Gasteiger charge is -2.16. The molecule has 0 radical (unpaired) electrons. The maximum atomic E-state index is 12.3. The van der Waals surface area contributed by atoms with Crippen LogP contribution in [0.5, 0.6) is 0 Å². The van der Waals surface area contributed by atoms with E-state index < -0.39 is 46.4 Å². The molecule has 3 amide bonds. The molecule has 0 saturated carbocycles. The number of benzene rings is 2. The van der Waals surface area contributed by atoms with E-state index in [1.54, 1.807) is 12.1 Å². The van der Waals surface area contributed by atoms with Gasteiger partial charge in [-0.05, 0) is 43.3 Å². The van der Waals surface area contributed by atoms with E-state index in [-0.39, 0.29) is 21.7 Å². The number of hydrogen-bond acceptors (Lipinski definition) is 7. The number of esters is 1. The molecule has 0 spiro atoms. The molecule has 2 aromatic carbocycles. The first-order valence-corrected chi connectivity index (χ1v) is 10.2. The Bertz CT molecular complexity index is 1110. The quantitative estimate of drug-likeness (QED) is 0.499. The zero-order chi connectivity index (χ0) is 22.1. The van der Waals surface area contributed by atoms with Gasteiger partial charge in [0.2, 0.25) is 10.0 Å². The fraction of sp³-hybridized carbons (Fsp3) is 0.158. The first-order valence-electron chi connectivity index (χ1n) is 8.66. The molecule has 11 heteroatoms. The summed E-state index contributed by atoms with van der Waals surface area (Å²) in [6, 6.07) is 11.3. The largest absolute Gasteiger partial charge is 0.451 e. The van der Waals surface area contributed by atoms with Crippen LogP contribution in [0.4, 0.5) is 5.69 Å². The van der Waals surface area contributed by atoms with Crippen LogP contribution in [0.25, 0.3) is 0 Å². The number of nitrogens with zero attached hydrogens (tertiary/aromatic N) is 1. The number of anilines is 1. The highest BCUT2D eigenvalue weighted by molar-refractivity contribution is 7.89. The zero-order valence-corrected chi connectivity index (χ0v) is 16.5. The Hall–Kier alpha value is -3.57. The second-order valence-corrected chi connectivity index (χ2v) is 7.99. The van der Waals surface area contributed by atoms with Crippen LogP contribution in [-0.4, -0.2) is 49.7 Å². The van der Waals surface area contributed by atoms with Crippen LogP contribution in [0.2, 0.25) is 0 Å². The SMILES string of the molecule is C[C@@H](OC(=O)CN1C(=O)c2ccccc2C1=O)C(=O)Nc1ccc(S(N)(=O)=O)cc1. The molecule has 0 unspecified atom stereocenters. The molecular formula is C19H17N3O7S. The number of rotatable bonds is 6. The van der Waals surface area contributed by atoms with Gasteiger partial charge in [-0.3, -0.25) is 24.1 Å². The van der Waals surface area contributed by atoms with E-state index in [1.165, 1.54) is 43.3 Å². The summed E-state index contributed by atoms with van der Waals surface area (Å²) in [7, 11) is -3.86. The summed E-state index contributed by atoms with van der Waals surface area (Å²) in [6.07, 6.45) is -1.23. The Morgan fingerprint density at radius 2 is 1.57 bits per heavy atom. The number of carbonyl (C=O) groups excluding carboxylic acids is 4. The van der Waals surface area contributed by atoms with Gasteiger partial charge in [0.05, 0.1) is 16.0 Å². The number of nitrogens with one attached hydrogen (secondary N) is 1. The predicted octanol–water partition coefficient (Wildman–Crippen LogP) is 0.500. The van der Waals surface area contributed by atoms with Crippen molar-refractivity contribution < 1.29 is 32.3 Å². The van der Waals surface area contributed by atoms with Crippen LogP contribution >= 0.6 is 0 Å². The Balaban J connectivity index is 1.57. The monoisotopic (exact) mass is 431 g/mol. The Morgan fingerprint density at radius 1 is 1.03 bits per heavy atom. The van der Waals surface area contributed by atoms with Gasteiger partial charge in [-0.2, -0.15) is 0 Å². The summed E-state index contributed by atoms with van der Waals surface area (Å²) < 4.78 is 27.5. The molecule has 1 aliphatic heterocycles. The summed E-state index contributed by atoms with van der Waals surface area (Å²) in [5.41, 5.74) is 0.656. The maximum Gasteiger partial charge on any atom is 0.326 e. The number of amides is 3. The molecule has 0 bridgehead atoms. The van der Waals surface area contributed by atoms with Gasteiger partial charge in [-0.15, -0.1) is 0 Å². The van der Waals surface area contributed by atoms with E-state index in [1.807, 2.05) is 0 Å². The fourth-order valence-corrected chi connectivity index (χ4v) is 3.29. The van der Waals surface area contributed by atoms with Crippen LogP contribution in [0.15, 0.2) is 53.4 Å². The number of carbonyl (C=O) groups is 4. The normalized spacial score (nSPS) is 14.3. The van der Waals surface area contributed by atoms with Gasteiger partial charge in [-0.25, -0.2) is 13.6 Å². The molecule has 1 heterocycles. The van der Waals surface area contributed by atoms with E-state index in [9.17, 15) is 27.6 Å². The number of imide groups is 1. The van der Waals surface area contributed by atoms with E-state index in [4.69, 9.17) is 9.88 Å². The number of ether oxygens (including phenoxy) is 1. The average molecular weight is 431 g/mol. The molecule has 2 aromatic rings. The van der Waals surface area contributed by atoms with Crippen LogP contribution in [-0.2, 0) is 24.3 Å². The van der Waals surface area contributed by atoms with E-state index >= 15 is 0 Å². The number of nitrogens with two attached hydrogens (primary N) is 1. The predicted molar refractivity (Wildman–Crippen MR) is 104 cm³/mol. The second-order valence-electron chi connectivity index (χ2n) is 6.43. The number of fused-ring (bicyclic) bond motifs is 1. The van der Waals surface area contributed by atoms with E-state index in [0.29, 0.717) is 0 Å². The minimum Gasteiger partial charge on any atom is -0.451 e. The van der Waals surface area contributed by atoms with Crippen molar-refractivity contribution in [3.63, 3.8) is 0 Å². The molecule has 0 fully saturated rings. The summed E-state index contributed by atoms with van der Waals surface area (Å²) >= 11 is 0. The maximum absolute atomic E-state index is 12.3. The first-order chi connectivity index (χ1) is 14.1. The highest BCUT2D eigenvalue weighted by atomic mass is 32.2. The molecule has 30 heavy (non-hydrogen) atoms. The third kappa shape index (κ3) is 4.36. The second kappa shape index (κ2) is 8.05. The Kier molecular flexibility index (Phi) is 5.67. The van der Waals surface area contributed by atoms with Gasteiger partial charge in [0.25, 0.3) is 17.7 Å². The minimum absolute atomic E-state index is 0.124. The molecule has 1 aliphatic rings. The van der Waals surface area contributed by atoms with Gasteiger partial charge in [0.15, 0.2) is 6.10 Å².